The van der Waals surface area contributed by atoms with Crippen molar-refractivity contribution in [2.75, 3.05) is 60.9 Å². The van der Waals surface area contributed by atoms with Gasteiger partial charge in [-0.1, -0.05) is 0 Å². The molecule has 4 heterocycles. The Balaban J connectivity index is 1.14. The number of piperazine rings is 1. The first-order valence-corrected chi connectivity index (χ1v) is 14.8. The van der Waals surface area contributed by atoms with Crippen molar-refractivity contribution >= 4 is 45.6 Å². The van der Waals surface area contributed by atoms with E-state index in [0.717, 1.165) is 62.8 Å². The first-order chi connectivity index (χ1) is 19.5. The largest absolute Gasteiger partial charge is 0.448 e. The van der Waals surface area contributed by atoms with Gasteiger partial charge in [0, 0.05) is 75.3 Å². The van der Waals surface area contributed by atoms with Crippen LogP contribution in [-0.2, 0) is 4.79 Å². The lowest BCUT2D eigenvalue weighted by Crippen LogP contribution is -2.46. The second-order valence-corrected chi connectivity index (χ2v) is 11.3. The van der Waals surface area contributed by atoms with Crippen molar-refractivity contribution in [3.05, 3.63) is 53.2 Å². The van der Waals surface area contributed by atoms with Crippen LogP contribution in [-0.4, -0.2) is 78.4 Å². The summed E-state index contributed by atoms with van der Waals surface area (Å²) in [6.45, 7) is 5.01. The molecule has 3 aromatic rings. The molecule has 210 valence electrons. The van der Waals surface area contributed by atoms with Gasteiger partial charge in [-0.05, 0) is 43.9 Å². The Hall–Kier alpha value is -3.93. The van der Waals surface area contributed by atoms with E-state index in [0.29, 0.717) is 49.0 Å². The molecule has 6 rings (SSSR count). The third kappa shape index (κ3) is 5.96. The van der Waals surface area contributed by atoms with E-state index in [1.54, 1.807) is 23.5 Å². The highest BCUT2D eigenvalue weighted by Gasteiger charge is 2.30. The van der Waals surface area contributed by atoms with Crippen LogP contribution in [0.2, 0.25) is 0 Å². The highest BCUT2D eigenvalue weighted by atomic mass is 32.1. The number of aromatic nitrogens is 2. The molecule has 2 aliphatic heterocycles. The summed E-state index contributed by atoms with van der Waals surface area (Å²) < 4.78 is 5.52. The quantitative estimate of drug-likeness (QED) is 0.360. The minimum atomic E-state index is -0.369. The van der Waals surface area contributed by atoms with E-state index in [4.69, 9.17) is 4.42 Å². The molecular weight excluding hydrogens is 530 g/mol. The number of nitrogens with zero attached hydrogens (tertiary/aromatic N) is 5. The zero-order valence-electron chi connectivity index (χ0n) is 22.3. The molecule has 40 heavy (non-hydrogen) atoms. The molecule has 2 saturated heterocycles. The fourth-order valence-electron chi connectivity index (χ4n) is 5.17. The number of hydrogen-bond donors (Lipinski definition) is 2. The average molecular weight is 564 g/mol. The molecule has 0 radical (unpaired) electrons. The molecule has 0 spiro atoms. The number of nitrogens with one attached hydrogen (secondary N) is 2. The number of benzene rings is 1. The molecule has 0 bridgehead atoms. The van der Waals surface area contributed by atoms with E-state index in [1.165, 1.54) is 6.26 Å². The number of oxazole rings is 1. The molecule has 3 fully saturated rings. The van der Waals surface area contributed by atoms with E-state index in [9.17, 15) is 14.4 Å². The van der Waals surface area contributed by atoms with E-state index in [-0.39, 0.29) is 23.4 Å². The van der Waals surface area contributed by atoms with Crippen LogP contribution in [0.15, 0.2) is 40.5 Å². The van der Waals surface area contributed by atoms with Crippen molar-refractivity contribution in [3.63, 3.8) is 0 Å². The summed E-state index contributed by atoms with van der Waals surface area (Å²) in [6.07, 6.45) is 7.49. The van der Waals surface area contributed by atoms with Crippen LogP contribution in [0.1, 0.15) is 64.8 Å². The summed E-state index contributed by atoms with van der Waals surface area (Å²) >= 11 is 1.62. The maximum Gasteiger partial charge on any atom is 0.277 e. The highest BCUT2D eigenvalue weighted by molar-refractivity contribution is 7.13. The lowest BCUT2D eigenvalue weighted by atomic mass is 10.1. The van der Waals surface area contributed by atoms with E-state index >= 15 is 0 Å². The average Bonchev–Trinajstić information content (AvgIpc) is 3.33. The first kappa shape index (κ1) is 26.3. The number of amides is 3. The Morgan fingerprint density at radius 3 is 2.62 bits per heavy atom. The zero-order chi connectivity index (χ0) is 27.5. The van der Waals surface area contributed by atoms with Crippen LogP contribution >= 0.6 is 11.3 Å². The summed E-state index contributed by atoms with van der Waals surface area (Å²) in [5, 5.41) is 8.92. The van der Waals surface area contributed by atoms with Crippen molar-refractivity contribution in [3.8, 4) is 0 Å². The predicted molar refractivity (Wildman–Crippen MR) is 152 cm³/mol. The Morgan fingerprint density at radius 1 is 1.07 bits per heavy atom. The number of anilines is 3. The van der Waals surface area contributed by atoms with Gasteiger partial charge in [-0.2, -0.15) is 0 Å². The summed E-state index contributed by atoms with van der Waals surface area (Å²) in [4.78, 5) is 53.1. The number of likely N-dealkylation sites (tertiary alicyclic amines) is 1. The molecular formula is C28H33N7O4S. The lowest BCUT2D eigenvalue weighted by Gasteiger charge is -2.36. The molecule has 1 aliphatic carbocycles. The lowest BCUT2D eigenvalue weighted by molar-refractivity contribution is -0.127. The molecule has 3 amide bonds. The van der Waals surface area contributed by atoms with E-state index in [2.05, 4.69) is 30.4 Å². The van der Waals surface area contributed by atoms with Crippen molar-refractivity contribution in [2.24, 2.45) is 0 Å². The van der Waals surface area contributed by atoms with Crippen LogP contribution < -0.4 is 20.4 Å². The van der Waals surface area contributed by atoms with Gasteiger partial charge in [-0.3, -0.25) is 14.4 Å². The molecule has 1 saturated carbocycles. The van der Waals surface area contributed by atoms with Gasteiger partial charge in [-0.25, -0.2) is 9.97 Å². The third-order valence-corrected chi connectivity index (χ3v) is 8.39. The van der Waals surface area contributed by atoms with Crippen LogP contribution in [0.25, 0.3) is 0 Å². The van der Waals surface area contributed by atoms with Crippen LogP contribution in [0.5, 0.6) is 0 Å². The monoisotopic (exact) mass is 563 g/mol. The molecule has 3 aliphatic rings. The van der Waals surface area contributed by atoms with Crippen molar-refractivity contribution < 1.29 is 18.8 Å². The van der Waals surface area contributed by atoms with Gasteiger partial charge in [0.05, 0.1) is 11.4 Å². The van der Waals surface area contributed by atoms with Gasteiger partial charge in [0.15, 0.2) is 16.7 Å². The van der Waals surface area contributed by atoms with Gasteiger partial charge in [0.1, 0.15) is 6.26 Å². The van der Waals surface area contributed by atoms with Crippen molar-refractivity contribution in [1.29, 1.82) is 0 Å². The SMILES string of the molecule is O=C(NCCCN1CCCC1=O)c1ccc(N2CCN(c3nccs3)CC2)c(NC(=O)c2coc(C3CC3)n2)c1. The second kappa shape index (κ2) is 11.7. The minimum Gasteiger partial charge on any atom is -0.448 e. The molecule has 0 atom stereocenters. The van der Waals surface area contributed by atoms with Gasteiger partial charge in [0.25, 0.3) is 11.8 Å². The van der Waals surface area contributed by atoms with Crippen LogP contribution in [0.3, 0.4) is 0 Å². The Kier molecular flexibility index (Phi) is 7.67. The fraction of sp³-hybridized carbons (Fsp3) is 0.464. The molecule has 2 N–H and O–H groups in total. The van der Waals surface area contributed by atoms with Gasteiger partial charge in [-0.15, -0.1) is 11.3 Å². The van der Waals surface area contributed by atoms with Crippen LogP contribution in [0, 0.1) is 0 Å². The van der Waals surface area contributed by atoms with Gasteiger partial charge in [0.2, 0.25) is 5.91 Å². The number of thiazole rings is 1. The third-order valence-electron chi connectivity index (χ3n) is 7.56. The Morgan fingerprint density at radius 2 is 1.90 bits per heavy atom. The highest BCUT2D eigenvalue weighted by Crippen LogP contribution is 2.39. The Bertz CT molecular complexity index is 1360. The molecule has 2 aromatic heterocycles. The van der Waals surface area contributed by atoms with Gasteiger partial charge >= 0.3 is 0 Å². The van der Waals surface area contributed by atoms with Crippen molar-refractivity contribution in [1.82, 2.24) is 20.2 Å². The molecule has 11 nitrogen and oxygen atoms in total. The molecule has 0 unspecified atom stereocenters. The van der Waals surface area contributed by atoms with E-state index in [1.807, 2.05) is 22.5 Å². The summed E-state index contributed by atoms with van der Waals surface area (Å²) in [5.74, 6) is 0.507. The predicted octanol–water partition coefficient (Wildman–Crippen LogP) is 3.33. The normalized spacial score (nSPS) is 17.4. The maximum absolute atomic E-state index is 13.2. The van der Waals surface area contributed by atoms with Gasteiger partial charge < -0.3 is 29.8 Å². The smallest absolute Gasteiger partial charge is 0.277 e. The van der Waals surface area contributed by atoms with Crippen molar-refractivity contribution in [2.45, 2.75) is 38.0 Å². The van der Waals surface area contributed by atoms with Crippen LogP contribution in [0.4, 0.5) is 16.5 Å². The zero-order valence-corrected chi connectivity index (χ0v) is 23.1. The topological polar surface area (TPSA) is 124 Å². The summed E-state index contributed by atoms with van der Waals surface area (Å²) in [6, 6.07) is 5.41. The number of carbonyl (C=O) groups excluding carboxylic acids is 3. The maximum atomic E-state index is 13.2. The number of carbonyl (C=O) groups is 3. The van der Waals surface area contributed by atoms with E-state index < -0.39 is 0 Å². The Labute approximate surface area is 236 Å². The summed E-state index contributed by atoms with van der Waals surface area (Å²) in [5.41, 5.74) is 2.09. The minimum absolute atomic E-state index is 0.186. The molecule has 1 aromatic carbocycles. The molecule has 12 heteroatoms. The second-order valence-electron chi connectivity index (χ2n) is 10.4. The number of rotatable bonds is 10. The fourth-order valence-corrected chi connectivity index (χ4v) is 5.87. The number of hydrogen-bond acceptors (Lipinski definition) is 9. The summed E-state index contributed by atoms with van der Waals surface area (Å²) in [7, 11) is 0. The first-order valence-electron chi connectivity index (χ1n) is 13.9. The standard InChI is InChI=1S/C28H33N7O4S/c36-24-3-1-10-34(24)11-2-8-29-25(37)20-6-7-23(33-12-14-35(15-13-33)28-30-9-16-40-28)21(17-20)31-26(38)22-18-39-27(32-22)19-4-5-19/h6-7,9,16-19H,1-5,8,10-15H2,(H,29,37)(H,31,38).